The van der Waals surface area contributed by atoms with Gasteiger partial charge in [0.25, 0.3) is 11.8 Å². The lowest BCUT2D eigenvalue weighted by molar-refractivity contribution is -0.154. The summed E-state index contributed by atoms with van der Waals surface area (Å²) in [4.78, 5) is 54.5. The summed E-state index contributed by atoms with van der Waals surface area (Å²) in [7, 11) is 0. The number of nitrogen functional groups attached to an aromatic ring is 1. The van der Waals surface area contributed by atoms with Crippen molar-refractivity contribution in [2.45, 2.75) is 23.1 Å². The number of fused-ring (bicyclic) bond motifs is 1. The molecule has 2 amide bonds. The van der Waals surface area contributed by atoms with E-state index in [0.717, 1.165) is 39.2 Å². The summed E-state index contributed by atoms with van der Waals surface area (Å²) in [5.41, 5.74) is 8.44. The molecule has 0 bridgehead atoms. The molecule has 0 saturated carbocycles. The number of aromatic nitrogens is 1. The number of nitrogens with zero attached hydrogens (tertiary/aromatic N) is 3. The fraction of sp³-hybridized carbons (Fsp3) is 0.114. The second-order valence-electron chi connectivity index (χ2n) is 13.1. The van der Waals surface area contributed by atoms with Gasteiger partial charge < -0.3 is 20.6 Å². The molecule has 6 aromatic rings. The van der Waals surface area contributed by atoms with Crippen LogP contribution in [0.1, 0.15) is 39.6 Å². The number of halogens is 1. The Balaban J connectivity index is 1.09. The van der Waals surface area contributed by atoms with Gasteiger partial charge in [-0.25, -0.2) is 9.78 Å². The fourth-order valence-electron chi connectivity index (χ4n) is 6.92. The van der Waals surface area contributed by atoms with Crippen molar-refractivity contribution in [2.75, 3.05) is 11.5 Å². The number of rotatable bonds is 12. The standard InChI is InChI=1S/C44H34ClN5O5S2/c45-33-26-56-41-36(40(52)50(41)37(33)42(53)54-38(28-16-6-1-7-17-28)29-18-8-2-9-19-29)48-39(51)35(34-27-57-43(46)47-34)49-55-44(30-20-10-3-11-21-30,31-22-12-4-13-23-31)32-24-14-5-15-25-32/h1-25,27,36,38,41H,26H2,(H2,46,47)(H,48,51)/b49-35-/t36-,41-/m1/s1. The van der Waals surface area contributed by atoms with Gasteiger partial charge in [-0.3, -0.25) is 14.5 Å². The molecular formula is C44H34ClN5O5S2. The fourth-order valence-corrected chi connectivity index (χ4v) is 9.01. The predicted molar refractivity (Wildman–Crippen MR) is 222 cm³/mol. The highest BCUT2D eigenvalue weighted by atomic mass is 35.5. The number of β-lactam (4-membered cyclic amide) rings is 1. The number of esters is 1. The number of nitrogens with two attached hydrogens (primary N) is 1. The summed E-state index contributed by atoms with van der Waals surface area (Å²) in [6.45, 7) is 0. The van der Waals surface area contributed by atoms with Crippen molar-refractivity contribution in [1.82, 2.24) is 15.2 Å². The van der Waals surface area contributed by atoms with Crippen molar-refractivity contribution in [3.63, 3.8) is 0 Å². The second-order valence-corrected chi connectivity index (χ2v) is 15.6. The Kier molecular flexibility index (Phi) is 10.9. The van der Waals surface area contributed by atoms with Gasteiger partial charge in [0, 0.05) is 27.8 Å². The Bertz CT molecular complexity index is 2320. The summed E-state index contributed by atoms with van der Waals surface area (Å²) < 4.78 is 6.10. The van der Waals surface area contributed by atoms with Crippen molar-refractivity contribution in [1.29, 1.82) is 0 Å². The number of nitrogens with one attached hydrogen (secondary N) is 1. The number of anilines is 1. The summed E-state index contributed by atoms with van der Waals surface area (Å²) in [6, 6.07) is 46.4. The lowest BCUT2D eigenvalue weighted by atomic mass is 9.80. The third-order valence-electron chi connectivity index (χ3n) is 9.63. The van der Waals surface area contributed by atoms with Crippen LogP contribution < -0.4 is 11.1 Å². The molecule has 13 heteroatoms. The number of carbonyl (C=O) groups excluding carboxylic acids is 3. The van der Waals surface area contributed by atoms with Crippen molar-refractivity contribution in [2.24, 2.45) is 5.16 Å². The quantitative estimate of drug-likeness (QED) is 0.0424. The first-order chi connectivity index (χ1) is 27.8. The molecule has 1 aromatic heterocycles. The highest BCUT2D eigenvalue weighted by molar-refractivity contribution is 8.00. The van der Waals surface area contributed by atoms with Crippen LogP contribution in [-0.2, 0) is 29.6 Å². The normalized spacial score (nSPS) is 16.8. The van der Waals surface area contributed by atoms with E-state index >= 15 is 0 Å². The van der Waals surface area contributed by atoms with E-state index in [-0.39, 0.29) is 33.0 Å². The number of oxime groups is 1. The topological polar surface area (TPSA) is 136 Å². The van der Waals surface area contributed by atoms with Crippen molar-refractivity contribution in [3.05, 3.63) is 201 Å². The molecule has 5 aromatic carbocycles. The smallest absolute Gasteiger partial charge is 0.357 e. The Hall–Kier alpha value is -6.21. The van der Waals surface area contributed by atoms with Gasteiger partial charge in [0.1, 0.15) is 22.8 Å². The molecule has 0 spiro atoms. The molecule has 57 heavy (non-hydrogen) atoms. The molecule has 3 N–H and O–H groups in total. The van der Waals surface area contributed by atoms with Crippen LogP contribution in [0, 0.1) is 0 Å². The molecule has 284 valence electrons. The maximum atomic E-state index is 14.3. The van der Waals surface area contributed by atoms with Gasteiger partial charge in [0.2, 0.25) is 5.60 Å². The number of benzene rings is 5. The molecule has 0 unspecified atom stereocenters. The van der Waals surface area contributed by atoms with E-state index < -0.39 is 40.9 Å². The van der Waals surface area contributed by atoms with Gasteiger partial charge in [0.15, 0.2) is 16.9 Å². The number of thioether (sulfide) groups is 1. The summed E-state index contributed by atoms with van der Waals surface area (Å²) in [5, 5.41) is 8.73. The lowest BCUT2D eigenvalue weighted by Crippen LogP contribution is -2.71. The van der Waals surface area contributed by atoms with E-state index in [4.69, 9.17) is 26.9 Å². The molecule has 0 aliphatic carbocycles. The van der Waals surface area contributed by atoms with Crippen LogP contribution >= 0.6 is 34.7 Å². The third-order valence-corrected chi connectivity index (χ3v) is 12.1. The van der Waals surface area contributed by atoms with E-state index in [1.165, 1.54) is 16.7 Å². The molecular weight excluding hydrogens is 778 g/mol. The zero-order chi connectivity index (χ0) is 39.4. The zero-order valence-corrected chi connectivity index (χ0v) is 32.5. The Morgan fingerprint density at radius 1 is 0.807 bits per heavy atom. The first-order valence-electron chi connectivity index (χ1n) is 17.9. The maximum Gasteiger partial charge on any atom is 0.357 e. The van der Waals surface area contributed by atoms with Gasteiger partial charge in [-0.2, -0.15) is 0 Å². The average molecular weight is 812 g/mol. The molecule has 1 fully saturated rings. The first kappa shape index (κ1) is 37.7. The molecule has 10 nitrogen and oxygen atoms in total. The van der Waals surface area contributed by atoms with Crippen LogP contribution in [0.2, 0.25) is 0 Å². The largest absolute Gasteiger partial charge is 0.448 e. The lowest BCUT2D eigenvalue weighted by Gasteiger charge is -2.49. The Morgan fingerprint density at radius 2 is 1.30 bits per heavy atom. The van der Waals surface area contributed by atoms with Gasteiger partial charge in [-0.1, -0.05) is 168 Å². The maximum absolute atomic E-state index is 14.3. The number of carbonyl (C=O) groups is 3. The minimum absolute atomic E-state index is 0.0596. The van der Waals surface area contributed by atoms with Crippen molar-refractivity contribution < 1.29 is 24.0 Å². The van der Waals surface area contributed by atoms with Gasteiger partial charge in [-0.15, -0.1) is 23.1 Å². The average Bonchev–Trinajstić information content (AvgIpc) is 3.70. The number of thiazole rings is 1. The third kappa shape index (κ3) is 7.42. The monoisotopic (exact) mass is 811 g/mol. The minimum Gasteiger partial charge on any atom is -0.448 e. The first-order valence-corrected chi connectivity index (χ1v) is 20.2. The van der Waals surface area contributed by atoms with Crippen LogP contribution in [0.15, 0.2) is 173 Å². The van der Waals surface area contributed by atoms with E-state index in [1.54, 1.807) is 5.38 Å². The Morgan fingerprint density at radius 3 is 1.77 bits per heavy atom. The van der Waals surface area contributed by atoms with E-state index in [2.05, 4.69) is 15.5 Å². The summed E-state index contributed by atoms with van der Waals surface area (Å²) >= 11 is 9.11. The zero-order valence-electron chi connectivity index (χ0n) is 30.1. The molecule has 2 aliphatic heterocycles. The SMILES string of the molecule is Nc1nc(/C(=N/OC(c2ccccc2)(c2ccccc2)c2ccccc2)C(=O)N[C@@H]2C(=O)N3C(C(=O)OC(c4ccccc4)c4ccccc4)=C(Cl)CS[C@H]23)cs1. The molecule has 2 atom stereocenters. The summed E-state index contributed by atoms with van der Waals surface area (Å²) in [5.74, 6) is -1.80. The summed E-state index contributed by atoms with van der Waals surface area (Å²) in [6.07, 6.45) is -0.754. The predicted octanol–water partition coefficient (Wildman–Crippen LogP) is 7.62. The van der Waals surface area contributed by atoms with Gasteiger partial charge >= 0.3 is 5.97 Å². The second kappa shape index (κ2) is 16.5. The van der Waals surface area contributed by atoms with Crippen LogP contribution in [0.25, 0.3) is 0 Å². The molecule has 0 radical (unpaired) electrons. The van der Waals surface area contributed by atoms with E-state index in [1.807, 2.05) is 152 Å². The van der Waals surface area contributed by atoms with Crippen molar-refractivity contribution >= 4 is 63.3 Å². The molecule has 1 saturated heterocycles. The van der Waals surface area contributed by atoms with Crippen LogP contribution in [0.3, 0.4) is 0 Å². The van der Waals surface area contributed by atoms with Crippen LogP contribution in [0.4, 0.5) is 5.13 Å². The number of ether oxygens (including phenoxy) is 1. The Labute approximate surface area is 342 Å². The molecule has 3 heterocycles. The van der Waals surface area contributed by atoms with E-state index in [9.17, 15) is 14.4 Å². The minimum atomic E-state index is -1.30. The van der Waals surface area contributed by atoms with Gasteiger partial charge in [-0.05, 0) is 11.1 Å². The highest BCUT2D eigenvalue weighted by Gasteiger charge is 2.55. The number of amides is 2. The van der Waals surface area contributed by atoms with E-state index in [0.29, 0.717) is 0 Å². The van der Waals surface area contributed by atoms with Crippen molar-refractivity contribution in [3.8, 4) is 0 Å². The van der Waals surface area contributed by atoms with Crippen LogP contribution in [0.5, 0.6) is 0 Å². The van der Waals surface area contributed by atoms with Gasteiger partial charge in [0.05, 0.1) is 5.03 Å². The molecule has 2 aliphatic rings. The number of hydrogen-bond donors (Lipinski definition) is 2. The molecule has 8 rings (SSSR count). The van der Waals surface area contributed by atoms with Crippen LogP contribution in [-0.4, -0.2) is 50.5 Å². The highest BCUT2D eigenvalue weighted by Crippen LogP contribution is 2.43. The number of hydrogen-bond acceptors (Lipinski definition) is 10.